The summed E-state index contributed by atoms with van der Waals surface area (Å²) in [5.74, 6) is 1.39. The van der Waals surface area contributed by atoms with E-state index in [9.17, 15) is 4.79 Å². The third-order valence-corrected chi connectivity index (χ3v) is 8.15. The summed E-state index contributed by atoms with van der Waals surface area (Å²) in [5, 5.41) is 1.03. The predicted octanol–water partition coefficient (Wildman–Crippen LogP) is 5.70. The average molecular weight is 479 g/mol. The predicted molar refractivity (Wildman–Crippen MR) is 129 cm³/mol. The van der Waals surface area contributed by atoms with Gasteiger partial charge in [-0.15, -0.1) is 11.8 Å². The number of carbonyl (C=O) groups is 1. The van der Waals surface area contributed by atoms with Crippen LogP contribution in [0.2, 0.25) is 10.0 Å². The van der Waals surface area contributed by atoms with Crippen LogP contribution in [0, 0.1) is 0 Å². The van der Waals surface area contributed by atoms with E-state index in [1.54, 1.807) is 13.2 Å². The second-order valence-electron chi connectivity index (χ2n) is 8.19. The molecule has 1 fully saturated rings. The first-order valence-corrected chi connectivity index (χ1v) is 12.5. The minimum absolute atomic E-state index is 0.0267. The zero-order valence-electron chi connectivity index (χ0n) is 17.9. The molecule has 4 nitrogen and oxygen atoms in total. The zero-order chi connectivity index (χ0) is 22.0. The van der Waals surface area contributed by atoms with E-state index in [0.29, 0.717) is 21.8 Å². The number of methoxy groups -OCH3 is 1. The molecule has 2 atom stereocenters. The molecule has 0 radical (unpaired) electrons. The lowest BCUT2D eigenvalue weighted by atomic mass is 9.82. The number of hydrogen-bond acceptors (Lipinski definition) is 4. The summed E-state index contributed by atoms with van der Waals surface area (Å²) in [5.41, 5.74) is 2.46. The lowest BCUT2D eigenvalue weighted by Crippen LogP contribution is -2.48. The highest BCUT2D eigenvalue weighted by Gasteiger charge is 2.39. The SMILES string of the molecule is COc1cccc2c1CC[C@H](N1CCCC1)[C@H]2N(C)C(=O)CSc1ccc(Cl)c(Cl)c1. The summed E-state index contributed by atoms with van der Waals surface area (Å²) in [4.78, 5) is 18.8. The van der Waals surface area contributed by atoms with Gasteiger partial charge in [-0.2, -0.15) is 0 Å². The maximum Gasteiger partial charge on any atom is 0.233 e. The van der Waals surface area contributed by atoms with E-state index in [4.69, 9.17) is 27.9 Å². The Morgan fingerprint density at radius 3 is 2.68 bits per heavy atom. The highest BCUT2D eigenvalue weighted by atomic mass is 35.5. The average Bonchev–Trinajstić information content (AvgIpc) is 3.32. The third-order valence-electron chi connectivity index (χ3n) is 6.44. The zero-order valence-corrected chi connectivity index (χ0v) is 20.3. The minimum atomic E-state index is 0.0267. The van der Waals surface area contributed by atoms with Crippen molar-refractivity contribution in [2.75, 3.05) is 33.0 Å². The number of ether oxygens (including phenoxy) is 1. The first kappa shape index (κ1) is 22.8. The van der Waals surface area contributed by atoms with Gasteiger partial charge in [-0.3, -0.25) is 9.69 Å². The van der Waals surface area contributed by atoms with Gasteiger partial charge in [-0.05, 0) is 74.2 Å². The van der Waals surface area contributed by atoms with Crippen LogP contribution in [0.25, 0.3) is 0 Å². The van der Waals surface area contributed by atoms with Gasteiger partial charge in [0.1, 0.15) is 5.75 Å². The van der Waals surface area contributed by atoms with Crippen molar-refractivity contribution in [3.63, 3.8) is 0 Å². The molecule has 0 unspecified atom stereocenters. The van der Waals surface area contributed by atoms with Gasteiger partial charge in [0.15, 0.2) is 0 Å². The monoisotopic (exact) mass is 478 g/mol. The van der Waals surface area contributed by atoms with E-state index < -0.39 is 0 Å². The summed E-state index contributed by atoms with van der Waals surface area (Å²) in [6, 6.07) is 12.1. The Kier molecular flexibility index (Phi) is 7.37. The van der Waals surface area contributed by atoms with E-state index in [1.807, 2.05) is 36.2 Å². The lowest BCUT2D eigenvalue weighted by Gasteiger charge is -2.43. The van der Waals surface area contributed by atoms with Crippen LogP contribution in [-0.4, -0.2) is 54.7 Å². The highest BCUT2D eigenvalue weighted by molar-refractivity contribution is 8.00. The summed E-state index contributed by atoms with van der Waals surface area (Å²) >= 11 is 13.6. The fraction of sp³-hybridized carbons (Fsp3) is 0.458. The van der Waals surface area contributed by atoms with Crippen molar-refractivity contribution < 1.29 is 9.53 Å². The maximum atomic E-state index is 13.3. The Balaban J connectivity index is 1.57. The summed E-state index contributed by atoms with van der Waals surface area (Å²) in [6.45, 7) is 2.22. The van der Waals surface area contributed by atoms with E-state index in [2.05, 4.69) is 11.0 Å². The largest absolute Gasteiger partial charge is 0.496 e. The molecule has 2 aromatic carbocycles. The topological polar surface area (TPSA) is 32.8 Å². The second-order valence-corrected chi connectivity index (χ2v) is 10.1. The van der Waals surface area contributed by atoms with Crippen LogP contribution in [-0.2, 0) is 11.2 Å². The molecule has 0 bridgehead atoms. The van der Waals surface area contributed by atoms with Crippen LogP contribution in [0.15, 0.2) is 41.3 Å². The molecule has 4 rings (SSSR count). The number of rotatable bonds is 6. The number of benzene rings is 2. The Morgan fingerprint density at radius 2 is 1.97 bits per heavy atom. The molecule has 1 aliphatic heterocycles. The molecular formula is C24H28Cl2N2O2S. The fourth-order valence-corrected chi connectivity index (χ4v) is 6.09. The van der Waals surface area contributed by atoms with E-state index in [0.717, 1.165) is 36.6 Å². The van der Waals surface area contributed by atoms with Gasteiger partial charge in [0, 0.05) is 18.0 Å². The molecule has 1 aliphatic carbocycles. The van der Waals surface area contributed by atoms with Crippen molar-refractivity contribution in [2.24, 2.45) is 0 Å². The summed E-state index contributed by atoms with van der Waals surface area (Å²) in [7, 11) is 3.67. The molecular weight excluding hydrogens is 451 g/mol. The van der Waals surface area contributed by atoms with Crippen molar-refractivity contribution in [1.82, 2.24) is 9.80 Å². The van der Waals surface area contributed by atoms with Gasteiger partial charge in [0.25, 0.3) is 0 Å². The summed E-state index contributed by atoms with van der Waals surface area (Å²) < 4.78 is 5.64. The number of likely N-dealkylation sites (N-methyl/N-ethyl adjacent to an activating group) is 1. The van der Waals surface area contributed by atoms with Crippen molar-refractivity contribution >= 4 is 40.9 Å². The first-order valence-electron chi connectivity index (χ1n) is 10.7. The van der Waals surface area contributed by atoms with Crippen LogP contribution >= 0.6 is 35.0 Å². The molecule has 1 amide bonds. The van der Waals surface area contributed by atoms with Crippen molar-refractivity contribution in [3.05, 3.63) is 57.6 Å². The second kappa shape index (κ2) is 10.0. The Hall–Kier alpha value is -1.40. The number of halogens is 2. The van der Waals surface area contributed by atoms with Crippen LogP contribution < -0.4 is 4.74 Å². The number of amides is 1. The molecule has 0 aromatic heterocycles. The number of likely N-dealkylation sites (tertiary alicyclic amines) is 1. The van der Waals surface area contributed by atoms with Gasteiger partial charge >= 0.3 is 0 Å². The van der Waals surface area contributed by atoms with E-state index in [1.165, 1.54) is 35.7 Å². The quantitative estimate of drug-likeness (QED) is 0.498. The van der Waals surface area contributed by atoms with Crippen LogP contribution in [0.3, 0.4) is 0 Å². The minimum Gasteiger partial charge on any atom is -0.496 e. The number of nitrogens with zero attached hydrogens (tertiary/aromatic N) is 2. The van der Waals surface area contributed by atoms with Crippen molar-refractivity contribution in [1.29, 1.82) is 0 Å². The molecule has 1 saturated heterocycles. The molecule has 31 heavy (non-hydrogen) atoms. The molecule has 7 heteroatoms. The van der Waals surface area contributed by atoms with Gasteiger partial charge in [-0.1, -0.05) is 35.3 Å². The molecule has 0 saturated carbocycles. The fourth-order valence-electron chi connectivity index (χ4n) is 4.87. The molecule has 2 aromatic rings. The summed E-state index contributed by atoms with van der Waals surface area (Å²) in [6.07, 6.45) is 4.49. The molecule has 1 heterocycles. The van der Waals surface area contributed by atoms with Gasteiger partial charge in [-0.25, -0.2) is 0 Å². The Bertz CT molecular complexity index is 949. The standard InChI is InChI=1S/C24H28Cl2N2O2S/c1-27(23(29)15-31-16-8-10-19(25)20(26)14-16)24-18-6-5-7-22(30-2)17(18)9-11-21(24)28-12-3-4-13-28/h5-8,10,14,21,24H,3-4,9,11-13,15H2,1-2H3/t21-,24-/m0/s1. The van der Waals surface area contributed by atoms with Crippen molar-refractivity contribution in [2.45, 2.75) is 42.7 Å². The van der Waals surface area contributed by atoms with Gasteiger partial charge in [0.05, 0.1) is 28.9 Å². The number of thioether (sulfide) groups is 1. The molecule has 2 aliphatic rings. The molecule has 0 N–H and O–H groups in total. The van der Waals surface area contributed by atoms with Gasteiger partial charge in [0.2, 0.25) is 5.91 Å². The number of fused-ring (bicyclic) bond motifs is 1. The highest BCUT2D eigenvalue weighted by Crippen LogP contribution is 2.41. The van der Waals surface area contributed by atoms with E-state index >= 15 is 0 Å². The van der Waals surface area contributed by atoms with Crippen LogP contribution in [0.5, 0.6) is 5.75 Å². The lowest BCUT2D eigenvalue weighted by molar-refractivity contribution is -0.131. The number of hydrogen-bond donors (Lipinski definition) is 0. The van der Waals surface area contributed by atoms with E-state index in [-0.39, 0.29) is 11.9 Å². The molecule has 0 spiro atoms. The van der Waals surface area contributed by atoms with Crippen LogP contribution in [0.4, 0.5) is 0 Å². The maximum absolute atomic E-state index is 13.3. The third kappa shape index (κ3) is 4.85. The first-order chi connectivity index (χ1) is 15.0. The smallest absolute Gasteiger partial charge is 0.233 e. The number of carbonyl (C=O) groups excluding carboxylic acids is 1. The molecule has 166 valence electrons. The Labute approximate surface area is 198 Å². The normalized spacial score (nSPS) is 21.0. The van der Waals surface area contributed by atoms with Crippen LogP contribution in [0.1, 0.15) is 36.4 Å². The van der Waals surface area contributed by atoms with Gasteiger partial charge < -0.3 is 9.64 Å². The Morgan fingerprint density at radius 1 is 1.19 bits per heavy atom. The van der Waals surface area contributed by atoms with Crippen molar-refractivity contribution in [3.8, 4) is 5.75 Å².